The molecule has 4 rings (SSSR count). The molecule has 0 bridgehead atoms. The number of carbonyl (C=O) groups excluding carboxylic acids is 3. The fourth-order valence-electron chi connectivity index (χ4n) is 4.63. The number of hydrogen-bond acceptors (Lipinski definition) is 4. The third kappa shape index (κ3) is 4.98. The predicted molar refractivity (Wildman–Crippen MR) is 120 cm³/mol. The van der Waals surface area contributed by atoms with Crippen LogP contribution in [0.1, 0.15) is 36.2 Å². The van der Waals surface area contributed by atoms with Gasteiger partial charge < -0.3 is 14.7 Å². The zero-order valence-corrected chi connectivity index (χ0v) is 18.7. The summed E-state index contributed by atoms with van der Waals surface area (Å²) in [7, 11) is 0. The Morgan fingerprint density at radius 3 is 2.29 bits per heavy atom. The van der Waals surface area contributed by atoms with Crippen LogP contribution in [0.3, 0.4) is 0 Å². The Bertz CT molecular complexity index is 907. The smallest absolute Gasteiger partial charge is 0.228 e. The normalized spacial score (nSPS) is 21.8. The molecule has 7 heteroatoms. The van der Waals surface area contributed by atoms with Crippen LogP contribution < -0.4 is 0 Å². The molecule has 2 unspecified atom stereocenters. The van der Waals surface area contributed by atoms with E-state index in [0.29, 0.717) is 39.1 Å². The van der Waals surface area contributed by atoms with Gasteiger partial charge >= 0.3 is 0 Å². The summed E-state index contributed by atoms with van der Waals surface area (Å²) in [6.07, 6.45) is 1.93. The molecule has 31 heavy (non-hydrogen) atoms. The molecule has 164 valence electrons. The molecule has 3 amide bonds. The highest BCUT2D eigenvalue weighted by atomic mass is 32.1. The van der Waals surface area contributed by atoms with Crippen LogP contribution in [0.15, 0.2) is 47.8 Å². The zero-order chi connectivity index (χ0) is 21.8. The Balaban J connectivity index is 1.47. The topological polar surface area (TPSA) is 60.9 Å². The number of carbonyl (C=O) groups is 3. The fourth-order valence-corrected chi connectivity index (χ4v) is 5.33. The van der Waals surface area contributed by atoms with Crippen molar-refractivity contribution in [3.63, 3.8) is 0 Å². The standard InChI is InChI=1S/C24H29N3O3S/c1-18(28)25-11-13-26(14-12-25)24(30)20-9-10-22(19-6-3-2-4-7-19)27(17-20)23(29)16-21-8-5-15-31-21/h2-8,15,20,22H,9-14,16-17H2,1H3. The molecule has 2 aliphatic heterocycles. The van der Waals surface area contributed by atoms with Crippen molar-refractivity contribution in [3.8, 4) is 0 Å². The largest absolute Gasteiger partial charge is 0.339 e. The van der Waals surface area contributed by atoms with Crippen LogP contribution in [0.5, 0.6) is 0 Å². The minimum atomic E-state index is -0.184. The van der Waals surface area contributed by atoms with E-state index in [1.54, 1.807) is 23.2 Å². The summed E-state index contributed by atoms with van der Waals surface area (Å²) in [5, 5.41) is 1.99. The molecule has 0 N–H and O–H groups in total. The summed E-state index contributed by atoms with van der Waals surface area (Å²) in [5.74, 6) is 0.0655. The molecule has 3 heterocycles. The molecule has 1 aromatic heterocycles. The van der Waals surface area contributed by atoms with Gasteiger partial charge in [-0.3, -0.25) is 14.4 Å². The van der Waals surface area contributed by atoms with E-state index in [0.717, 1.165) is 23.3 Å². The van der Waals surface area contributed by atoms with E-state index in [9.17, 15) is 14.4 Å². The van der Waals surface area contributed by atoms with Crippen LogP contribution in [-0.4, -0.2) is 65.1 Å². The number of rotatable bonds is 4. The van der Waals surface area contributed by atoms with E-state index in [1.807, 2.05) is 45.5 Å². The van der Waals surface area contributed by atoms with Gasteiger partial charge in [-0.05, 0) is 29.9 Å². The van der Waals surface area contributed by atoms with Gasteiger partial charge in [-0.15, -0.1) is 11.3 Å². The van der Waals surface area contributed by atoms with Gasteiger partial charge in [-0.1, -0.05) is 36.4 Å². The van der Waals surface area contributed by atoms with Gasteiger partial charge in [0.15, 0.2) is 0 Å². The van der Waals surface area contributed by atoms with Crippen molar-refractivity contribution in [2.45, 2.75) is 32.2 Å². The van der Waals surface area contributed by atoms with Crippen LogP contribution >= 0.6 is 11.3 Å². The minimum Gasteiger partial charge on any atom is -0.339 e. The number of piperidine rings is 1. The zero-order valence-electron chi connectivity index (χ0n) is 17.9. The molecule has 6 nitrogen and oxygen atoms in total. The minimum absolute atomic E-state index is 0.00673. The first-order valence-corrected chi connectivity index (χ1v) is 11.8. The number of likely N-dealkylation sites (tertiary alicyclic amines) is 1. The molecule has 2 atom stereocenters. The number of hydrogen-bond donors (Lipinski definition) is 0. The Labute approximate surface area is 187 Å². The Morgan fingerprint density at radius 1 is 0.935 bits per heavy atom. The first kappa shape index (κ1) is 21.6. The average Bonchev–Trinajstić information content (AvgIpc) is 3.32. The first-order chi connectivity index (χ1) is 15.0. The second-order valence-electron chi connectivity index (χ2n) is 8.33. The summed E-state index contributed by atoms with van der Waals surface area (Å²) in [5.41, 5.74) is 1.13. The highest BCUT2D eigenvalue weighted by Gasteiger charge is 2.37. The Kier molecular flexibility index (Phi) is 6.70. The average molecular weight is 440 g/mol. The van der Waals surface area contributed by atoms with E-state index in [2.05, 4.69) is 12.1 Å². The second-order valence-corrected chi connectivity index (χ2v) is 9.37. The van der Waals surface area contributed by atoms with Crippen LogP contribution in [0, 0.1) is 5.92 Å². The maximum atomic E-state index is 13.3. The highest BCUT2D eigenvalue weighted by molar-refractivity contribution is 7.10. The molecular formula is C24H29N3O3S. The van der Waals surface area contributed by atoms with Crippen LogP contribution in [0.25, 0.3) is 0 Å². The lowest BCUT2D eigenvalue weighted by Crippen LogP contribution is -2.54. The molecule has 0 radical (unpaired) electrons. The van der Waals surface area contributed by atoms with Crippen molar-refractivity contribution in [3.05, 3.63) is 58.3 Å². The molecule has 0 aliphatic carbocycles. The lowest BCUT2D eigenvalue weighted by molar-refractivity contribution is -0.146. The van der Waals surface area contributed by atoms with Crippen molar-refractivity contribution >= 4 is 29.1 Å². The molecule has 0 spiro atoms. The molecule has 1 aromatic carbocycles. The predicted octanol–water partition coefficient (Wildman–Crippen LogP) is 2.96. The molecule has 2 aromatic rings. The van der Waals surface area contributed by atoms with E-state index in [-0.39, 0.29) is 29.7 Å². The lowest BCUT2D eigenvalue weighted by Gasteiger charge is -2.42. The molecule has 2 fully saturated rings. The fraction of sp³-hybridized carbons (Fsp3) is 0.458. The highest BCUT2D eigenvalue weighted by Crippen LogP contribution is 2.35. The SMILES string of the molecule is CC(=O)N1CCN(C(=O)C2CCC(c3ccccc3)N(C(=O)Cc3cccs3)C2)CC1. The molecular weight excluding hydrogens is 410 g/mol. The van der Waals surface area contributed by atoms with E-state index < -0.39 is 0 Å². The van der Waals surface area contributed by atoms with Gasteiger partial charge in [-0.2, -0.15) is 0 Å². The molecule has 0 saturated carbocycles. The van der Waals surface area contributed by atoms with Crippen molar-refractivity contribution in [1.82, 2.24) is 14.7 Å². The number of piperazine rings is 1. The number of benzene rings is 1. The number of nitrogens with zero attached hydrogens (tertiary/aromatic N) is 3. The van der Waals surface area contributed by atoms with Crippen LogP contribution in [0.4, 0.5) is 0 Å². The van der Waals surface area contributed by atoms with E-state index >= 15 is 0 Å². The summed E-state index contributed by atoms with van der Waals surface area (Å²) in [6, 6.07) is 14.1. The van der Waals surface area contributed by atoms with Gasteiger partial charge in [0.2, 0.25) is 17.7 Å². The van der Waals surface area contributed by atoms with Crippen LogP contribution in [-0.2, 0) is 20.8 Å². The number of thiophene rings is 1. The lowest BCUT2D eigenvalue weighted by atomic mass is 9.87. The van der Waals surface area contributed by atoms with Crippen molar-refractivity contribution in [2.24, 2.45) is 5.92 Å². The van der Waals surface area contributed by atoms with Gasteiger partial charge in [0.1, 0.15) is 0 Å². The monoisotopic (exact) mass is 439 g/mol. The summed E-state index contributed by atoms with van der Waals surface area (Å²) in [4.78, 5) is 44.7. The van der Waals surface area contributed by atoms with Gasteiger partial charge in [0, 0.05) is 44.5 Å². The second kappa shape index (κ2) is 9.64. The maximum Gasteiger partial charge on any atom is 0.228 e. The third-order valence-electron chi connectivity index (χ3n) is 6.38. The summed E-state index contributed by atoms with van der Waals surface area (Å²) < 4.78 is 0. The van der Waals surface area contributed by atoms with E-state index in [4.69, 9.17) is 0 Å². The van der Waals surface area contributed by atoms with E-state index in [1.165, 1.54) is 0 Å². The molecule has 2 aliphatic rings. The van der Waals surface area contributed by atoms with Gasteiger partial charge in [0.25, 0.3) is 0 Å². The van der Waals surface area contributed by atoms with Crippen LogP contribution in [0.2, 0.25) is 0 Å². The quantitative estimate of drug-likeness (QED) is 0.736. The van der Waals surface area contributed by atoms with Gasteiger partial charge in [0.05, 0.1) is 18.4 Å². The third-order valence-corrected chi connectivity index (χ3v) is 7.25. The maximum absolute atomic E-state index is 13.3. The molecule has 2 saturated heterocycles. The number of amides is 3. The Morgan fingerprint density at radius 2 is 1.65 bits per heavy atom. The van der Waals surface area contributed by atoms with Crippen molar-refractivity contribution in [2.75, 3.05) is 32.7 Å². The first-order valence-electron chi connectivity index (χ1n) is 10.9. The summed E-state index contributed by atoms with van der Waals surface area (Å²) in [6.45, 7) is 4.33. The van der Waals surface area contributed by atoms with Crippen molar-refractivity contribution < 1.29 is 14.4 Å². The van der Waals surface area contributed by atoms with Gasteiger partial charge in [-0.25, -0.2) is 0 Å². The Hall–Kier alpha value is -2.67. The van der Waals surface area contributed by atoms with Crippen molar-refractivity contribution in [1.29, 1.82) is 0 Å². The summed E-state index contributed by atoms with van der Waals surface area (Å²) >= 11 is 1.59.